The summed E-state index contributed by atoms with van der Waals surface area (Å²) in [5.41, 5.74) is 10.9. The maximum absolute atomic E-state index is 5.58. The first kappa shape index (κ1) is 10.9. The van der Waals surface area contributed by atoms with Crippen LogP contribution in [-0.4, -0.2) is 33.6 Å². The predicted molar refractivity (Wildman–Crippen MR) is 59.8 cm³/mol. The summed E-state index contributed by atoms with van der Waals surface area (Å²) in [5.74, 6) is 0.156. The molecule has 1 aromatic rings. The van der Waals surface area contributed by atoms with Gasteiger partial charge in [-0.25, -0.2) is 0 Å². The maximum Gasteiger partial charge on any atom is 0.323 e. The van der Waals surface area contributed by atoms with Crippen molar-refractivity contribution in [1.29, 1.82) is 0 Å². The molecule has 5 N–H and O–H groups in total. The number of aromatic nitrogens is 3. The van der Waals surface area contributed by atoms with E-state index in [-0.39, 0.29) is 24.0 Å². The summed E-state index contributed by atoms with van der Waals surface area (Å²) in [6, 6.07) is 0.519. The van der Waals surface area contributed by atoms with Crippen LogP contribution in [0.1, 0.15) is 19.8 Å². The van der Waals surface area contributed by atoms with Crippen molar-refractivity contribution < 1.29 is 4.74 Å². The molecule has 0 aromatic carbocycles. The Bertz CT molecular complexity index is 345. The third-order valence-corrected chi connectivity index (χ3v) is 2.61. The zero-order valence-electron chi connectivity index (χ0n) is 9.18. The van der Waals surface area contributed by atoms with E-state index < -0.39 is 0 Å². The quantitative estimate of drug-likeness (QED) is 0.637. The lowest BCUT2D eigenvalue weighted by atomic mass is 10.1. The average Bonchev–Trinajstić information content (AvgIpc) is 2.68. The van der Waals surface area contributed by atoms with Crippen molar-refractivity contribution in [2.45, 2.75) is 31.9 Å². The summed E-state index contributed by atoms with van der Waals surface area (Å²) < 4.78 is 5.58. The molecular weight excluding hydrogens is 208 g/mol. The minimum Gasteiger partial charge on any atom is -0.459 e. The van der Waals surface area contributed by atoms with Gasteiger partial charge in [-0.15, -0.1) is 0 Å². The molecule has 1 aliphatic rings. The van der Waals surface area contributed by atoms with E-state index >= 15 is 0 Å². The smallest absolute Gasteiger partial charge is 0.323 e. The van der Waals surface area contributed by atoms with E-state index in [0.717, 1.165) is 13.0 Å². The van der Waals surface area contributed by atoms with Crippen molar-refractivity contribution in [2.75, 3.05) is 18.0 Å². The van der Waals surface area contributed by atoms with E-state index in [0.29, 0.717) is 6.04 Å². The van der Waals surface area contributed by atoms with E-state index in [1.165, 1.54) is 6.42 Å². The number of nitrogens with two attached hydrogens (primary N) is 2. The molecule has 1 aliphatic heterocycles. The molecule has 0 saturated carbocycles. The first-order valence-electron chi connectivity index (χ1n) is 5.32. The second kappa shape index (κ2) is 4.48. The monoisotopic (exact) mass is 224 g/mol. The lowest BCUT2D eigenvalue weighted by molar-refractivity contribution is 0.165. The van der Waals surface area contributed by atoms with Crippen molar-refractivity contribution in [3.63, 3.8) is 0 Å². The second-order valence-electron chi connectivity index (χ2n) is 3.86. The van der Waals surface area contributed by atoms with Crippen LogP contribution in [0.25, 0.3) is 0 Å². The Hall–Kier alpha value is -1.63. The van der Waals surface area contributed by atoms with Crippen LogP contribution in [0, 0.1) is 0 Å². The zero-order valence-corrected chi connectivity index (χ0v) is 9.18. The van der Waals surface area contributed by atoms with Gasteiger partial charge in [0.2, 0.25) is 11.9 Å². The molecule has 0 amide bonds. The highest BCUT2D eigenvalue weighted by atomic mass is 16.5. The average molecular weight is 224 g/mol. The van der Waals surface area contributed by atoms with Gasteiger partial charge in [0.05, 0.1) is 0 Å². The molecule has 16 heavy (non-hydrogen) atoms. The molecule has 1 aromatic heterocycles. The van der Waals surface area contributed by atoms with E-state index in [9.17, 15) is 0 Å². The largest absolute Gasteiger partial charge is 0.459 e. The molecule has 2 rings (SSSR count). The highest BCUT2D eigenvalue weighted by Crippen LogP contribution is 2.14. The summed E-state index contributed by atoms with van der Waals surface area (Å²) in [6.45, 7) is 3.00. The van der Waals surface area contributed by atoms with Gasteiger partial charge in [-0.3, -0.25) is 0 Å². The van der Waals surface area contributed by atoms with Crippen molar-refractivity contribution in [1.82, 2.24) is 20.3 Å². The lowest BCUT2D eigenvalue weighted by Crippen LogP contribution is -2.37. The van der Waals surface area contributed by atoms with Gasteiger partial charge in [0.25, 0.3) is 0 Å². The van der Waals surface area contributed by atoms with Crippen LogP contribution < -0.4 is 21.5 Å². The van der Waals surface area contributed by atoms with Gasteiger partial charge >= 0.3 is 6.01 Å². The van der Waals surface area contributed by atoms with Crippen LogP contribution in [0.3, 0.4) is 0 Å². The van der Waals surface area contributed by atoms with Gasteiger partial charge in [-0.2, -0.15) is 15.0 Å². The Morgan fingerprint density at radius 1 is 1.31 bits per heavy atom. The van der Waals surface area contributed by atoms with Gasteiger partial charge in [-0.05, 0) is 26.3 Å². The van der Waals surface area contributed by atoms with Gasteiger partial charge in [0.1, 0.15) is 6.10 Å². The molecular formula is C9H16N6O. The number of rotatable bonds is 3. The topological polar surface area (TPSA) is 112 Å². The standard InChI is InChI=1S/C9H16N6O/c1-5(6-3-2-4-12-6)16-9-14-7(10)13-8(11)15-9/h5-6,12H,2-4H2,1H3,(H4,10,11,13,14,15). The normalized spacial score (nSPS) is 21.9. The molecule has 0 aliphatic carbocycles. The predicted octanol–water partition coefficient (Wildman–Crippen LogP) is -0.445. The molecule has 2 unspecified atom stereocenters. The fourth-order valence-electron chi connectivity index (χ4n) is 1.80. The first-order chi connectivity index (χ1) is 7.65. The Morgan fingerprint density at radius 2 is 2.00 bits per heavy atom. The van der Waals surface area contributed by atoms with Crippen LogP contribution in [0.2, 0.25) is 0 Å². The van der Waals surface area contributed by atoms with Crippen LogP contribution in [0.4, 0.5) is 11.9 Å². The lowest BCUT2D eigenvalue weighted by Gasteiger charge is -2.19. The van der Waals surface area contributed by atoms with Crippen LogP contribution >= 0.6 is 0 Å². The highest BCUT2D eigenvalue weighted by Gasteiger charge is 2.23. The van der Waals surface area contributed by atoms with Crippen molar-refractivity contribution in [3.8, 4) is 6.01 Å². The fraction of sp³-hybridized carbons (Fsp3) is 0.667. The molecule has 7 heteroatoms. The number of nitrogens with one attached hydrogen (secondary N) is 1. The minimum absolute atomic E-state index is 0.0105. The minimum atomic E-state index is -0.0105. The Labute approximate surface area is 93.6 Å². The molecule has 2 atom stereocenters. The number of hydrogen-bond donors (Lipinski definition) is 3. The summed E-state index contributed by atoms with van der Waals surface area (Å²) in [5, 5.41) is 3.35. The molecule has 1 fully saturated rings. The number of anilines is 2. The van der Waals surface area contributed by atoms with Crippen LogP contribution in [0.5, 0.6) is 6.01 Å². The van der Waals surface area contributed by atoms with Crippen molar-refractivity contribution in [2.24, 2.45) is 0 Å². The Morgan fingerprint density at radius 3 is 2.56 bits per heavy atom. The first-order valence-corrected chi connectivity index (χ1v) is 5.32. The van der Waals surface area contributed by atoms with Crippen molar-refractivity contribution >= 4 is 11.9 Å². The van der Waals surface area contributed by atoms with Gasteiger partial charge in [0, 0.05) is 6.04 Å². The van der Waals surface area contributed by atoms with E-state index in [4.69, 9.17) is 16.2 Å². The third kappa shape index (κ3) is 2.48. The SMILES string of the molecule is CC(Oc1nc(N)nc(N)n1)C1CCCN1. The van der Waals surface area contributed by atoms with E-state index in [2.05, 4.69) is 20.3 Å². The Kier molecular flexibility index (Phi) is 3.04. The number of nitrogen functional groups attached to an aromatic ring is 2. The zero-order chi connectivity index (χ0) is 11.5. The molecule has 1 saturated heterocycles. The molecule has 7 nitrogen and oxygen atoms in total. The number of hydrogen-bond acceptors (Lipinski definition) is 7. The second-order valence-corrected chi connectivity index (χ2v) is 3.86. The van der Waals surface area contributed by atoms with Crippen LogP contribution in [0.15, 0.2) is 0 Å². The summed E-state index contributed by atoms with van der Waals surface area (Å²) in [7, 11) is 0. The highest BCUT2D eigenvalue weighted by molar-refractivity contribution is 5.27. The van der Waals surface area contributed by atoms with Crippen molar-refractivity contribution in [3.05, 3.63) is 0 Å². The summed E-state index contributed by atoms with van der Waals surface area (Å²) in [4.78, 5) is 11.4. The molecule has 0 radical (unpaired) electrons. The van der Waals surface area contributed by atoms with Gasteiger partial charge in [0.15, 0.2) is 0 Å². The van der Waals surface area contributed by atoms with Gasteiger partial charge < -0.3 is 21.5 Å². The maximum atomic E-state index is 5.58. The Balaban J connectivity index is 2.02. The molecule has 0 spiro atoms. The molecule has 88 valence electrons. The number of nitrogens with zero attached hydrogens (tertiary/aromatic N) is 3. The van der Waals surface area contributed by atoms with Gasteiger partial charge in [-0.1, -0.05) is 0 Å². The van der Waals surface area contributed by atoms with Crippen LogP contribution in [-0.2, 0) is 0 Å². The summed E-state index contributed by atoms with van der Waals surface area (Å²) in [6.07, 6.45) is 2.25. The number of ether oxygens (including phenoxy) is 1. The van der Waals surface area contributed by atoms with E-state index in [1.54, 1.807) is 0 Å². The molecule has 0 bridgehead atoms. The summed E-state index contributed by atoms with van der Waals surface area (Å²) >= 11 is 0. The molecule has 2 heterocycles. The third-order valence-electron chi connectivity index (χ3n) is 2.61. The fourth-order valence-corrected chi connectivity index (χ4v) is 1.80. The van der Waals surface area contributed by atoms with E-state index in [1.807, 2.05) is 6.92 Å².